The topological polar surface area (TPSA) is 80.9 Å². The highest BCUT2D eigenvalue weighted by molar-refractivity contribution is 5.54. The second-order valence-corrected chi connectivity index (χ2v) is 11.7. The van der Waals surface area contributed by atoms with E-state index in [2.05, 4.69) is 26.0 Å². The fourth-order valence-electron chi connectivity index (χ4n) is 6.67. The lowest BCUT2D eigenvalue weighted by Crippen LogP contribution is -2.26. The number of aliphatic hydroxyl groups is 2. The summed E-state index contributed by atoms with van der Waals surface area (Å²) < 4.78 is 0. The van der Waals surface area contributed by atoms with E-state index in [-0.39, 0.29) is 24.0 Å². The molecular formula is C31H44O4. The average Bonchev–Trinajstić information content (AvgIpc) is 2.84. The first-order valence-corrected chi connectivity index (χ1v) is 13.7. The van der Waals surface area contributed by atoms with E-state index >= 15 is 0 Å². The van der Waals surface area contributed by atoms with Crippen LogP contribution < -0.4 is 0 Å². The molecule has 192 valence electrons. The third-order valence-electron chi connectivity index (χ3n) is 8.89. The Morgan fingerprint density at radius 1 is 0.600 bits per heavy atom. The van der Waals surface area contributed by atoms with Crippen LogP contribution in [0.2, 0.25) is 0 Å². The van der Waals surface area contributed by atoms with Gasteiger partial charge >= 0.3 is 0 Å². The predicted molar refractivity (Wildman–Crippen MR) is 141 cm³/mol. The molecule has 4 nitrogen and oxygen atoms in total. The van der Waals surface area contributed by atoms with E-state index in [1.54, 1.807) is 0 Å². The Balaban J connectivity index is 1.79. The van der Waals surface area contributed by atoms with Crippen molar-refractivity contribution >= 4 is 0 Å². The highest BCUT2D eigenvalue weighted by atomic mass is 16.3. The number of phenolic OH excluding ortho intramolecular Hbond substituents is 2. The van der Waals surface area contributed by atoms with E-state index in [1.807, 2.05) is 12.1 Å². The van der Waals surface area contributed by atoms with Gasteiger partial charge in [-0.25, -0.2) is 0 Å². The summed E-state index contributed by atoms with van der Waals surface area (Å²) in [6.07, 6.45) is 12.9. The normalized spacial score (nSPS) is 19.5. The molecule has 2 aliphatic rings. The summed E-state index contributed by atoms with van der Waals surface area (Å²) in [7, 11) is 0. The van der Waals surface area contributed by atoms with Crippen molar-refractivity contribution in [2.75, 3.05) is 13.2 Å². The first-order valence-electron chi connectivity index (χ1n) is 13.7. The predicted octanol–water partition coefficient (Wildman–Crippen LogP) is 6.20. The molecule has 0 heterocycles. The minimum Gasteiger partial charge on any atom is -0.507 e. The van der Waals surface area contributed by atoms with Crippen LogP contribution in [-0.4, -0.2) is 33.6 Å². The highest BCUT2D eigenvalue weighted by Gasteiger charge is 2.34. The van der Waals surface area contributed by atoms with Crippen molar-refractivity contribution in [2.24, 2.45) is 0 Å². The van der Waals surface area contributed by atoms with E-state index in [9.17, 15) is 20.4 Å². The second-order valence-electron chi connectivity index (χ2n) is 11.7. The Bertz CT molecular complexity index is 932. The summed E-state index contributed by atoms with van der Waals surface area (Å²) in [6, 6.07) is 8.19. The van der Waals surface area contributed by atoms with Gasteiger partial charge in [0.2, 0.25) is 0 Å². The van der Waals surface area contributed by atoms with Gasteiger partial charge in [-0.05, 0) is 71.6 Å². The maximum atomic E-state index is 11.5. The molecule has 0 aliphatic heterocycles. The molecule has 0 unspecified atom stereocenters. The first kappa shape index (κ1) is 26.0. The number of benzene rings is 2. The van der Waals surface area contributed by atoms with Gasteiger partial charge in [0, 0.05) is 30.8 Å². The molecule has 2 fully saturated rings. The van der Waals surface area contributed by atoms with E-state index in [0.29, 0.717) is 30.8 Å². The lowest BCUT2D eigenvalue weighted by atomic mass is 9.69. The molecule has 0 aromatic heterocycles. The lowest BCUT2D eigenvalue weighted by Gasteiger charge is -2.36. The van der Waals surface area contributed by atoms with Gasteiger partial charge in [0.25, 0.3) is 0 Å². The smallest absolute Gasteiger partial charge is 0.122 e. The quantitative estimate of drug-likeness (QED) is 0.362. The van der Waals surface area contributed by atoms with Crippen LogP contribution in [0.15, 0.2) is 24.3 Å². The fraction of sp³-hybridized carbons (Fsp3) is 0.613. The molecule has 4 rings (SSSR count). The Hall–Kier alpha value is -2.04. The molecule has 0 saturated heterocycles. The highest BCUT2D eigenvalue weighted by Crippen LogP contribution is 2.47. The Kier molecular flexibility index (Phi) is 8.12. The molecular weight excluding hydrogens is 436 g/mol. The van der Waals surface area contributed by atoms with Gasteiger partial charge in [0.1, 0.15) is 11.5 Å². The van der Waals surface area contributed by atoms with Gasteiger partial charge < -0.3 is 20.4 Å². The van der Waals surface area contributed by atoms with Gasteiger partial charge in [0.05, 0.1) is 0 Å². The van der Waals surface area contributed by atoms with Crippen LogP contribution in [-0.2, 0) is 30.1 Å². The van der Waals surface area contributed by atoms with E-state index in [0.717, 1.165) is 59.1 Å². The molecule has 0 bridgehead atoms. The summed E-state index contributed by atoms with van der Waals surface area (Å²) in [5.74, 6) is 0.682. The van der Waals surface area contributed by atoms with Gasteiger partial charge in [-0.3, -0.25) is 0 Å². The van der Waals surface area contributed by atoms with Crippen molar-refractivity contribution in [3.8, 4) is 11.5 Å². The van der Waals surface area contributed by atoms with Crippen molar-refractivity contribution in [1.82, 2.24) is 0 Å². The maximum Gasteiger partial charge on any atom is 0.122 e. The zero-order chi connectivity index (χ0) is 25.1. The van der Waals surface area contributed by atoms with Crippen LogP contribution >= 0.6 is 0 Å². The van der Waals surface area contributed by atoms with Crippen molar-refractivity contribution in [2.45, 2.75) is 108 Å². The van der Waals surface area contributed by atoms with Crippen molar-refractivity contribution < 1.29 is 20.4 Å². The maximum absolute atomic E-state index is 11.5. The molecule has 2 aromatic carbocycles. The lowest BCUT2D eigenvalue weighted by molar-refractivity contribution is 0.296. The van der Waals surface area contributed by atoms with Crippen molar-refractivity contribution in [3.63, 3.8) is 0 Å². The minimum atomic E-state index is -0.0654. The minimum absolute atomic E-state index is 0.0654. The van der Waals surface area contributed by atoms with Gasteiger partial charge in [-0.1, -0.05) is 76.6 Å². The van der Waals surface area contributed by atoms with Crippen molar-refractivity contribution in [1.29, 1.82) is 0 Å². The average molecular weight is 481 g/mol. The molecule has 0 atom stereocenters. The Labute approximate surface area is 211 Å². The molecule has 35 heavy (non-hydrogen) atoms. The third kappa shape index (κ3) is 5.54. The summed E-state index contributed by atoms with van der Waals surface area (Å²) in [5.41, 5.74) is 5.55. The molecule has 4 heteroatoms. The summed E-state index contributed by atoms with van der Waals surface area (Å²) >= 11 is 0. The number of aliphatic hydroxyl groups excluding tert-OH is 2. The summed E-state index contributed by atoms with van der Waals surface area (Å²) in [6.45, 7) is 4.66. The van der Waals surface area contributed by atoms with Crippen LogP contribution in [0.1, 0.15) is 111 Å². The van der Waals surface area contributed by atoms with Crippen LogP contribution in [0.3, 0.4) is 0 Å². The van der Waals surface area contributed by atoms with Crippen molar-refractivity contribution in [3.05, 3.63) is 57.6 Å². The fourth-order valence-corrected chi connectivity index (χ4v) is 6.67. The van der Waals surface area contributed by atoms with E-state index in [1.165, 1.54) is 38.5 Å². The number of rotatable bonds is 8. The molecule has 4 N–H and O–H groups in total. The van der Waals surface area contributed by atoms with Crippen LogP contribution in [0.5, 0.6) is 11.5 Å². The zero-order valence-electron chi connectivity index (χ0n) is 21.7. The van der Waals surface area contributed by atoms with Crippen LogP contribution in [0, 0.1) is 0 Å². The van der Waals surface area contributed by atoms with E-state index < -0.39 is 0 Å². The standard InChI is InChI=1S/C31H44O4/c1-30(11-5-3-6-12-30)26-19-22(9-15-32)17-24(28(26)34)21-25-18-23(10-16-33)20-27(29(25)35)31(2)13-7-4-8-14-31/h17-20,32-35H,3-16,21H2,1-2H3. The zero-order valence-corrected chi connectivity index (χ0v) is 21.7. The van der Waals surface area contributed by atoms with Gasteiger partial charge in [0.15, 0.2) is 0 Å². The first-order chi connectivity index (χ1) is 16.8. The monoisotopic (exact) mass is 480 g/mol. The number of hydrogen-bond acceptors (Lipinski definition) is 4. The van der Waals surface area contributed by atoms with Crippen LogP contribution in [0.4, 0.5) is 0 Å². The third-order valence-corrected chi connectivity index (χ3v) is 8.89. The molecule has 2 aliphatic carbocycles. The largest absolute Gasteiger partial charge is 0.507 e. The van der Waals surface area contributed by atoms with Gasteiger partial charge in [-0.15, -0.1) is 0 Å². The van der Waals surface area contributed by atoms with Gasteiger partial charge in [-0.2, -0.15) is 0 Å². The number of hydrogen-bond donors (Lipinski definition) is 4. The molecule has 0 amide bonds. The number of aromatic hydroxyl groups is 2. The molecule has 0 spiro atoms. The molecule has 2 saturated carbocycles. The Morgan fingerprint density at radius 2 is 0.971 bits per heavy atom. The Morgan fingerprint density at radius 3 is 1.31 bits per heavy atom. The molecule has 0 radical (unpaired) electrons. The summed E-state index contributed by atoms with van der Waals surface area (Å²) in [5, 5.41) is 42.3. The van der Waals surface area contributed by atoms with E-state index in [4.69, 9.17) is 0 Å². The number of phenols is 2. The van der Waals surface area contributed by atoms with Crippen LogP contribution in [0.25, 0.3) is 0 Å². The summed E-state index contributed by atoms with van der Waals surface area (Å²) in [4.78, 5) is 0. The second kappa shape index (κ2) is 10.9. The molecule has 2 aromatic rings. The SMILES string of the molecule is CC1(c2cc(CCO)cc(Cc3cc(CCO)cc(C4(C)CCCCC4)c3O)c2O)CCCCC1.